The second-order valence-corrected chi connectivity index (χ2v) is 7.54. The van der Waals surface area contributed by atoms with Crippen LogP contribution in [0.5, 0.6) is 0 Å². The highest BCUT2D eigenvalue weighted by molar-refractivity contribution is 7.99. The second-order valence-electron chi connectivity index (χ2n) is 6.46. The molecule has 0 aliphatic carbocycles. The van der Waals surface area contributed by atoms with Crippen molar-refractivity contribution < 1.29 is 0 Å². The largest absolute Gasteiger partial charge is 0.340 e. The van der Waals surface area contributed by atoms with Gasteiger partial charge in [0.1, 0.15) is 0 Å². The predicted octanol–water partition coefficient (Wildman–Crippen LogP) is 3.46. The van der Waals surface area contributed by atoms with Crippen molar-refractivity contribution in [3.63, 3.8) is 0 Å². The first-order valence-corrected chi connectivity index (χ1v) is 9.68. The molecule has 1 fully saturated rings. The number of nitrogens with one attached hydrogen (secondary N) is 1. The third kappa shape index (κ3) is 3.52. The molecule has 0 atom stereocenters. The van der Waals surface area contributed by atoms with Crippen LogP contribution in [-0.4, -0.2) is 44.2 Å². The van der Waals surface area contributed by atoms with Crippen LogP contribution >= 0.6 is 11.8 Å². The summed E-state index contributed by atoms with van der Waals surface area (Å²) in [7, 11) is 0. The van der Waals surface area contributed by atoms with Crippen LogP contribution in [0.2, 0.25) is 0 Å². The maximum atomic E-state index is 9.28. The molecule has 0 spiro atoms. The zero-order valence-electron chi connectivity index (χ0n) is 14.2. The van der Waals surface area contributed by atoms with Crippen LogP contribution in [0.4, 0.5) is 11.4 Å². The fraction of sp³-hybridized carbons (Fsp3) is 0.350. The van der Waals surface area contributed by atoms with Crippen molar-refractivity contribution >= 4 is 23.1 Å². The molecule has 25 heavy (non-hydrogen) atoms. The summed E-state index contributed by atoms with van der Waals surface area (Å²) in [6.07, 6.45) is 1.12. The Kier molecular flexibility index (Phi) is 4.93. The Balaban J connectivity index is 1.56. The molecule has 2 heterocycles. The molecular formula is C20H22N4S. The smallest absolute Gasteiger partial charge is 0.0992 e. The first kappa shape index (κ1) is 16.5. The lowest BCUT2D eigenvalue weighted by Gasteiger charge is -2.34. The van der Waals surface area contributed by atoms with E-state index in [9.17, 15) is 5.26 Å². The molecule has 128 valence electrons. The number of rotatable bonds is 4. The van der Waals surface area contributed by atoms with Crippen molar-refractivity contribution in [1.29, 1.82) is 5.26 Å². The van der Waals surface area contributed by atoms with Gasteiger partial charge >= 0.3 is 0 Å². The number of para-hydroxylation sites is 1. The lowest BCUT2D eigenvalue weighted by molar-refractivity contribution is 0.239. The molecule has 0 unspecified atom stereocenters. The van der Waals surface area contributed by atoms with Crippen molar-refractivity contribution in [2.75, 3.05) is 44.2 Å². The molecule has 5 heteroatoms. The Labute approximate surface area is 153 Å². The van der Waals surface area contributed by atoms with Crippen LogP contribution < -0.4 is 10.2 Å². The predicted molar refractivity (Wildman–Crippen MR) is 103 cm³/mol. The number of nitriles is 1. The maximum absolute atomic E-state index is 9.28. The van der Waals surface area contributed by atoms with E-state index in [4.69, 9.17) is 0 Å². The summed E-state index contributed by atoms with van der Waals surface area (Å²) >= 11 is 1.80. The minimum atomic E-state index is 0.728. The molecular weight excluding hydrogens is 328 g/mol. The zero-order chi connectivity index (χ0) is 17.1. The first-order valence-electron chi connectivity index (χ1n) is 8.87. The number of hydrogen-bond acceptors (Lipinski definition) is 5. The lowest BCUT2D eigenvalue weighted by atomic mass is 10.1. The Hall–Kier alpha value is -2.00. The van der Waals surface area contributed by atoms with E-state index in [2.05, 4.69) is 51.5 Å². The fourth-order valence-corrected chi connectivity index (χ4v) is 4.60. The highest BCUT2D eigenvalue weighted by Gasteiger charge is 2.23. The normalized spacial score (nSPS) is 16.8. The molecule has 4 rings (SSSR count). The average Bonchev–Trinajstić information content (AvgIpc) is 2.68. The molecule has 2 aliphatic heterocycles. The number of benzene rings is 2. The van der Waals surface area contributed by atoms with Crippen molar-refractivity contribution in [3.05, 3.63) is 48.0 Å². The monoisotopic (exact) mass is 350 g/mol. The van der Waals surface area contributed by atoms with E-state index < -0.39 is 0 Å². The quantitative estimate of drug-likeness (QED) is 0.915. The molecule has 2 aliphatic rings. The van der Waals surface area contributed by atoms with Gasteiger partial charge in [0.15, 0.2) is 0 Å². The van der Waals surface area contributed by atoms with E-state index >= 15 is 0 Å². The molecule has 1 saturated heterocycles. The standard InChI is InChI=1S/C20H22N4S/c21-15-16-6-7-20-18(14-16)24(17-4-1-2-5-19(17)25-20)11-3-10-23-12-8-22-9-13-23/h1-2,4-7,14,22H,3,8-13H2. The van der Waals surface area contributed by atoms with Gasteiger partial charge in [0.25, 0.3) is 0 Å². The number of anilines is 2. The Morgan fingerprint density at radius 1 is 1.00 bits per heavy atom. The Morgan fingerprint density at radius 3 is 2.64 bits per heavy atom. The zero-order valence-corrected chi connectivity index (χ0v) is 15.1. The maximum Gasteiger partial charge on any atom is 0.0992 e. The van der Waals surface area contributed by atoms with Crippen molar-refractivity contribution in [2.45, 2.75) is 16.2 Å². The van der Waals surface area contributed by atoms with E-state index in [1.165, 1.54) is 21.2 Å². The summed E-state index contributed by atoms with van der Waals surface area (Å²) in [6, 6.07) is 16.9. The number of piperazine rings is 1. The van der Waals surface area contributed by atoms with Gasteiger partial charge < -0.3 is 15.1 Å². The van der Waals surface area contributed by atoms with Crippen LogP contribution in [0.25, 0.3) is 0 Å². The topological polar surface area (TPSA) is 42.3 Å². The molecule has 0 bridgehead atoms. The van der Waals surface area contributed by atoms with E-state index in [1.807, 2.05) is 12.1 Å². The molecule has 0 aromatic heterocycles. The van der Waals surface area contributed by atoms with E-state index in [1.54, 1.807) is 11.8 Å². The van der Waals surface area contributed by atoms with Gasteiger partial charge in [-0.15, -0.1) is 0 Å². The van der Waals surface area contributed by atoms with Gasteiger partial charge in [0.05, 0.1) is 23.0 Å². The van der Waals surface area contributed by atoms with Gasteiger partial charge in [0.2, 0.25) is 0 Å². The molecule has 0 saturated carbocycles. The first-order chi connectivity index (χ1) is 12.3. The van der Waals surface area contributed by atoms with E-state index in [-0.39, 0.29) is 0 Å². The lowest BCUT2D eigenvalue weighted by Crippen LogP contribution is -2.44. The van der Waals surface area contributed by atoms with Crippen LogP contribution in [0.1, 0.15) is 12.0 Å². The number of fused-ring (bicyclic) bond motifs is 2. The second kappa shape index (κ2) is 7.49. The SMILES string of the molecule is N#Cc1ccc2c(c1)N(CCCN1CCNCC1)c1ccccc1S2. The molecule has 2 aromatic rings. The van der Waals surface area contributed by atoms with Gasteiger partial charge in [-0.1, -0.05) is 23.9 Å². The highest BCUT2D eigenvalue weighted by Crippen LogP contribution is 2.48. The minimum absolute atomic E-state index is 0.728. The summed E-state index contributed by atoms with van der Waals surface area (Å²) in [5.74, 6) is 0. The van der Waals surface area contributed by atoms with Crippen LogP contribution in [0.3, 0.4) is 0 Å². The summed E-state index contributed by atoms with van der Waals surface area (Å²) < 4.78 is 0. The Bertz CT molecular complexity index is 793. The van der Waals surface area contributed by atoms with Crippen LogP contribution in [0, 0.1) is 11.3 Å². The minimum Gasteiger partial charge on any atom is -0.340 e. The highest BCUT2D eigenvalue weighted by atomic mass is 32.2. The van der Waals surface area contributed by atoms with E-state index in [0.29, 0.717) is 0 Å². The Morgan fingerprint density at radius 2 is 1.80 bits per heavy atom. The number of nitrogens with zero attached hydrogens (tertiary/aromatic N) is 3. The van der Waals surface area contributed by atoms with Crippen molar-refractivity contribution in [1.82, 2.24) is 10.2 Å². The van der Waals surface area contributed by atoms with Crippen LogP contribution in [-0.2, 0) is 0 Å². The van der Waals surface area contributed by atoms with Crippen molar-refractivity contribution in [3.8, 4) is 6.07 Å². The fourth-order valence-electron chi connectivity index (χ4n) is 3.53. The molecule has 4 nitrogen and oxygen atoms in total. The van der Waals surface area contributed by atoms with Gasteiger partial charge in [0, 0.05) is 42.5 Å². The molecule has 1 N–H and O–H groups in total. The van der Waals surface area contributed by atoms with Gasteiger partial charge in [-0.05, 0) is 43.3 Å². The third-order valence-corrected chi connectivity index (χ3v) is 5.95. The average molecular weight is 350 g/mol. The summed E-state index contributed by atoms with van der Waals surface area (Å²) in [5.41, 5.74) is 3.16. The molecule has 0 radical (unpaired) electrons. The van der Waals surface area contributed by atoms with Gasteiger partial charge in [-0.2, -0.15) is 5.26 Å². The summed E-state index contributed by atoms with van der Waals surface area (Å²) in [4.78, 5) is 7.46. The van der Waals surface area contributed by atoms with Crippen LogP contribution in [0.15, 0.2) is 52.3 Å². The van der Waals surface area contributed by atoms with Gasteiger partial charge in [-0.3, -0.25) is 0 Å². The summed E-state index contributed by atoms with van der Waals surface area (Å²) in [6.45, 7) is 6.57. The molecule has 2 aromatic carbocycles. The summed E-state index contributed by atoms with van der Waals surface area (Å²) in [5, 5.41) is 12.7. The third-order valence-electron chi connectivity index (χ3n) is 4.82. The van der Waals surface area contributed by atoms with Gasteiger partial charge in [-0.25, -0.2) is 0 Å². The van der Waals surface area contributed by atoms with E-state index in [0.717, 1.165) is 51.3 Å². The molecule has 0 amide bonds. The van der Waals surface area contributed by atoms with Crippen molar-refractivity contribution in [2.24, 2.45) is 0 Å². The number of hydrogen-bond donors (Lipinski definition) is 1.